The predicted molar refractivity (Wildman–Crippen MR) is 107 cm³/mol. The van der Waals surface area contributed by atoms with Crippen LogP contribution in [-0.2, 0) is 4.79 Å². The highest BCUT2D eigenvalue weighted by atomic mass is 79.9. The maximum Gasteiger partial charge on any atom is 0.255 e. The number of carbonyl (C=O) groups excluding carboxylic acids is 2. The van der Waals surface area contributed by atoms with Crippen LogP contribution in [0.25, 0.3) is 0 Å². The Kier molecular flexibility index (Phi) is 6.16. The van der Waals surface area contributed by atoms with Crippen LogP contribution < -0.4 is 10.5 Å². The van der Waals surface area contributed by atoms with Gasteiger partial charge in [0.25, 0.3) is 5.91 Å². The summed E-state index contributed by atoms with van der Waals surface area (Å²) < 4.78 is 6.72. The highest BCUT2D eigenvalue weighted by Crippen LogP contribution is 2.35. The molecule has 6 heteroatoms. The highest BCUT2D eigenvalue weighted by Gasteiger charge is 2.39. The first kappa shape index (κ1) is 19.4. The molecule has 0 bridgehead atoms. The van der Waals surface area contributed by atoms with E-state index < -0.39 is 5.41 Å². The van der Waals surface area contributed by atoms with Crippen molar-refractivity contribution in [3.8, 4) is 5.75 Å². The van der Waals surface area contributed by atoms with Gasteiger partial charge < -0.3 is 15.4 Å². The number of piperidine rings is 1. The molecule has 1 aliphatic heterocycles. The van der Waals surface area contributed by atoms with Crippen molar-refractivity contribution < 1.29 is 14.3 Å². The Morgan fingerprint density at radius 1 is 1.11 bits per heavy atom. The topological polar surface area (TPSA) is 72.6 Å². The van der Waals surface area contributed by atoms with Crippen molar-refractivity contribution in [1.29, 1.82) is 0 Å². The van der Waals surface area contributed by atoms with E-state index >= 15 is 0 Å². The molecule has 27 heavy (non-hydrogen) atoms. The van der Waals surface area contributed by atoms with Crippen LogP contribution in [0.2, 0.25) is 0 Å². The van der Waals surface area contributed by atoms with E-state index in [-0.39, 0.29) is 18.2 Å². The standard InChI is InChI=1S/C21H23BrN2O3/c22-18-10-5-4-9-17(18)20(26)24-12-6-11-21(14-24,13-19(23)25)15-27-16-7-2-1-3-8-16/h1-5,7-10H,6,11-15H2,(H2,23,25). The summed E-state index contributed by atoms with van der Waals surface area (Å²) in [5.74, 6) is 0.327. The third kappa shape index (κ3) is 4.89. The number of carbonyl (C=O) groups is 2. The summed E-state index contributed by atoms with van der Waals surface area (Å²) in [4.78, 5) is 26.6. The van der Waals surface area contributed by atoms with Crippen molar-refractivity contribution in [3.05, 3.63) is 64.6 Å². The summed E-state index contributed by atoms with van der Waals surface area (Å²) >= 11 is 3.45. The summed E-state index contributed by atoms with van der Waals surface area (Å²) in [6, 6.07) is 16.9. The van der Waals surface area contributed by atoms with Crippen LogP contribution >= 0.6 is 15.9 Å². The van der Waals surface area contributed by atoms with E-state index in [1.807, 2.05) is 48.5 Å². The number of primary amides is 1. The number of likely N-dealkylation sites (tertiary alicyclic amines) is 1. The Bertz CT molecular complexity index is 812. The molecule has 142 valence electrons. The number of halogens is 1. The van der Waals surface area contributed by atoms with Crippen molar-refractivity contribution >= 4 is 27.7 Å². The van der Waals surface area contributed by atoms with Gasteiger partial charge >= 0.3 is 0 Å². The monoisotopic (exact) mass is 430 g/mol. The van der Waals surface area contributed by atoms with E-state index in [4.69, 9.17) is 10.5 Å². The van der Waals surface area contributed by atoms with Gasteiger partial charge in [0.2, 0.25) is 5.91 Å². The zero-order valence-electron chi connectivity index (χ0n) is 15.1. The van der Waals surface area contributed by atoms with Crippen molar-refractivity contribution in [2.45, 2.75) is 19.3 Å². The van der Waals surface area contributed by atoms with E-state index in [9.17, 15) is 9.59 Å². The van der Waals surface area contributed by atoms with Gasteiger partial charge in [-0.1, -0.05) is 30.3 Å². The Labute approximate surface area is 167 Å². The number of rotatable bonds is 6. The first-order valence-corrected chi connectivity index (χ1v) is 9.78. The van der Waals surface area contributed by atoms with Crippen LogP contribution in [0.4, 0.5) is 0 Å². The van der Waals surface area contributed by atoms with Gasteiger partial charge in [-0.25, -0.2) is 0 Å². The first-order valence-electron chi connectivity index (χ1n) is 8.99. The van der Waals surface area contributed by atoms with E-state index in [1.165, 1.54) is 0 Å². The minimum Gasteiger partial charge on any atom is -0.493 e. The third-order valence-corrected chi connectivity index (χ3v) is 5.58. The molecule has 3 rings (SSSR count). The minimum absolute atomic E-state index is 0.0456. The lowest BCUT2D eigenvalue weighted by molar-refractivity contribution is -0.122. The molecule has 0 saturated carbocycles. The smallest absolute Gasteiger partial charge is 0.255 e. The Morgan fingerprint density at radius 2 is 1.81 bits per heavy atom. The van der Waals surface area contributed by atoms with Gasteiger partial charge in [-0.15, -0.1) is 0 Å². The molecule has 1 fully saturated rings. The van der Waals surface area contributed by atoms with E-state index in [0.717, 1.165) is 23.1 Å². The zero-order valence-corrected chi connectivity index (χ0v) is 16.7. The average Bonchev–Trinajstić information content (AvgIpc) is 2.67. The maximum absolute atomic E-state index is 13.0. The van der Waals surface area contributed by atoms with Crippen LogP contribution in [0.15, 0.2) is 59.1 Å². The molecule has 1 heterocycles. The Balaban J connectivity index is 1.78. The Morgan fingerprint density at radius 3 is 2.52 bits per heavy atom. The normalized spacial score (nSPS) is 19.5. The lowest BCUT2D eigenvalue weighted by Gasteiger charge is -2.42. The Hall–Kier alpha value is -2.34. The molecule has 0 spiro atoms. The van der Waals surface area contributed by atoms with Gasteiger partial charge in [-0.3, -0.25) is 9.59 Å². The minimum atomic E-state index is -0.475. The maximum atomic E-state index is 13.0. The average molecular weight is 431 g/mol. The van der Waals surface area contributed by atoms with Crippen LogP contribution in [0.1, 0.15) is 29.6 Å². The van der Waals surface area contributed by atoms with Gasteiger partial charge in [0.05, 0.1) is 12.2 Å². The molecular formula is C21H23BrN2O3. The third-order valence-electron chi connectivity index (χ3n) is 4.89. The van der Waals surface area contributed by atoms with E-state index in [2.05, 4.69) is 15.9 Å². The largest absolute Gasteiger partial charge is 0.493 e. The summed E-state index contributed by atoms with van der Waals surface area (Å²) in [7, 11) is 0. The van der Waals surface area contributed by atoms with Crippen LogP contribution in [-0.4, -0.2) is 36.4 Å². The number of hydrogen-bond donors (Lipinski definition) is 1. The molecule has 0 aromatic heterocycles. The fourth-order valence-electron chi connectivity index (χ4n) is 3.62. The van der Waals surface area contributed by atoms with Crippen LogP contribution in [0.5, 0.6) is 5.75 Å². The van der Waals surface area contributed by atoms with E-state index in [1.54, 1.807) is 11.0 Å². The lowest BCUT2D eigenvalue weighted by atomic mass is 9.77. The first-order chi connectivity index (χ1) is 13.0. The number of amides is 2. The molecule has 1 saturated heterocycles. The van der Waals surface area contributed by atoms with Crippen molar-refractivity contribution in [2.24, 2.45) is 11.1 Å². The molecular weight excluding hydrogens is 408 g/mol. The second-order valence-electron chi connectivity index (χ2n) is 7.05. The zero-order chi connectivity index (χ0) is 19.3. The summed E-state index contributed by atoms with van der Waals surface area (Å²) in [6.45, 7) is 1.45. The van der Waals surface area contributed by atoms with Crippen molar-refractivity contribution in [3.63, 3.8) is 0 Å². The number of nitrogens with two attached hydrogens (primary N) is 1. The van der Waals surface area contributed by atoms with Gasteiger partial charge in [0.1, 0.15) is 5.75 Å². The molecule has 2 aromatic carbocycles. The second-order valence-corrected chi connectivity index (χ2v) is 7.91. The number of para-hydroxylation sites is 1. The molecule has 2 aromatic rings. The molecule has 0 aliphatic carbocycles. The fraction of sp³-hybridized carbons (Fsp3) is 0.333. The van der Waals surface area contributed by atoms with Crippen LogP contribution in [0.3, 0.4) is 0 Å². The highest BCUT2D eigenvalue weighted by molar-refractivity contribution is 9.10. The molecule has 1 unspecified atom stereocenters. The van der Waals surface area contributed by atoms with Crippen molar-refractivity contribution in [2.75, 3.05) is 19.7 Å². The predicted octanol–water partition coefficient (Wildman–Crippen LogP) is 3.63. The SMILES string of the molecule is NC(=O)CC1(COc2ccccc2)CCCN(C(=O)c2ccccc2Br)C1. The molecule has 2 amide bonds. The molecule has 2 N–H and O–H groups in total. The summed E-state index contributed by atoms with van der Waals surface area (Å²) in [5, 5.41) is 0. The number of benzene rings is 2. The van der Waals surface area contributed by atoms with Crippen molar-refractivity contribution in [1.82, 2.24) is 4.90 Å². The molecule has 1 aliphatic rings. The molecule has 0 radical (unpaired) electrons. The van der Waals surface area contributed by atoms with Crippen LogP contribution in [0, 0.1) is 5.41 Å². The van der Waals surface area contributed by atoms with Gasteiger partial charge in [0, 0.05) is 29.4 Å². The number of nitrogens with zero attached hydrogens (tertiary/aromatic N) is 1. The van der Waals surface area contributed by atoms with Gasteiger partial charge in [-0.2, -0.15) is 0 Å². The molecule has 1 atom stereocenters. The number of hydrogen-bond acceptors (Lipinski definition) is 3. The quantitative estimate of drug-likeness (QED) is 0.760. The van der Waals surface area contributed by atoms with Gasteiger partial charge in [0.15, 0.2) is 0 Å². The second kappa shape index (κ2) is 8.57. The lowest BCUT2D eigenvalue weighted by Crippen LogP contribution is -2.50. The number of ether oxygens (including phenoxy) is 1. The fourth-order valence-corrected chi connectivity index (χ4v) is 4.08. The molecule has 5 nitrogen and oxygen atoms in total. The summed E-state index contributed by atoms with van der Waals surface area (Å²) in [6.07, 6.45) is 1.80. The van der Waals surface area contributed by atoms with Gasteiger partial charge in [-0.05, 0) is 53.0 Å². The summed E-state index contributed by atoms with van der Waals surface area (Å²) in [5.41, 5.74) is 5.68. The van der Waals surface area contributed by atoms with E-state index in [0.29, 0.717) is 25.3 Å².